The van der Waals surface area contributed by atoms with Gasteiger partial charge in [-0.1, -0.05) is 0 Å². The molecule has 0 radical (unpaired) electrons. The number of fused-ring (bicyclic) bond motifs is 10. The van der Waals surface area contributed by atoms with Crippen molar-refractivity contribution in [3.8, 4) is 11.5 Å². The van der Waals surface area contributed by atoms with Crippen LogP contribution >= 0.6 is 11.3 Å². The van der Waals surface area contributed by atoms with Gasteiger partial charge in [0.1, 0.15) is 42.5 Å². The van der Waals surface area contributed by atoms with Crippen LogP contribution in [0.1, 0.15) is 36.7 Å². The molecule has 3 aromatic heterocycles. The third kappa shape index (κ3) is 4.23. The number of aromatic hydroxyl groups is 2. The maximum absolute atomic E-state index is 14.3. The largest absolute Gasteiger partial charge is 0.508 e. The van der Waals surface area contributed by atoms with E-state index in [4.69, 9.17) is 9.57 Å². The van der Waals surface area contributed by atoms with Crippen molar-refractivity contribution in [2.45, 2.75) is 43.9 Å². The molecule has 0 bridgehead atoms. The van der Waals surface area contributed by atoms with E-state index in [0.717, 1.165) is 0 Å². The zero-order valence-corrected chi connectivity index (χ0v) is 25.0. The van der Waals surface area contributed by atoms with E-state index in [2.05, 4.69) is 4.98 Å². The van der Waals surface area contributed by atoms with Crippen LogP contribution in [0.25, 0.3) is 43.6 Å². The molecule has 47 heavy (non-hydrogen) atoms. The van der Waals surface area contributed by atoms with Gasteiger partial charge >= 0.3 is 0 Å². The summed E-state index contributed by atoms with van der Waals surface area (Å²) >= 11 is 1.26. The summed E-state index contributed by atoms with van der Waals surface area (Å²) in [7, 11) is 0. The Hall–Kier alpha value is -4.58. The van der Waals surface area contributed by atoms with Crippen LogP contribution in [0, 0.1) is 0 Å². The third-order valence-corrected chi connectivity index (χ3v) is 9.93. The van der Waals surface area contributed by atoms with Crippen molar-refractivity contribution in [2.24, 2.45) is 0 Å². The fourth-order valence-corrected chi connectivity index (χ4v) is 7.57. The molecule has 8 rings (SSSR count). The van der Waals surface area contributed by atoms with Crippen LogP contribution in [0.2, 0.25) is 0 Å². The Balaban J connectivity index is 1.44. The Bertz CT molecular complexity index is 2270. The Morgan fingerprint density at radius 1 is 0.830 bits per heavy atom. The number of ether oxygens (including phenoxy) is 1. The summed E-state index contributed by atoms with van der Waals surface area (Å²) in [5, 5.41) is 74.9. The molecule has 5 heterocycles. The number of aromatic nitrogens is 2. The normalized spacial score (nSPS) is 23.3. The average molecular weight is 662 g/mol. The smallest absolute Gasteiger partial charge is 0.286 e. The summed E-state index contributed by atoms with van der Waals surface area (Å²) in [6, 6.07) is 12.2. The number of carbonyl (C=O) groups is 2. The number of hydrogen-bond acceptors (Lipinski definition) is 12. The molecule has 3 aromatic carbocycles. The number of phenols is 2. The van der Waals surface area contributed by atoms with Crippen molar-refractivity contribution in [2.75, 3.05) is 6.61 Å². The van der Waals surface area contributed by atoms with Gasteiger partial charge in [0.05, 0.1) is 46.4 Å². The number of H-pyrrole nitrogens is 1. The molecule has 0 aliphatic carbocycles. The highest BCUT2D eigenvalue weighted by molar-refractivity contribution is 7.11. The minimum Gasteiger partial charge on any atom is -0.508 e. The van der Waals surface area contributed by atoms with Crippen LogP contribution in [0.5, 0.6) is 11.5 Å². The van der Waals surface area contributed by atoms with Crippen molar-refractivity contribution in [1.29, 1.82) is 0 Å². The molecule has 2 aliphatic heterocycles. The minimum atomic E-state index is -1.74. The topological polar surface area (TPSA) is 218 Å². The summed E-state index contributed by atoms with van der Waals surface area (Å²) in [5.41, 5.74) is 1.22. The van der Waals surface area contributed by atoms with Crippen LogP contribution in [-0.2, 0) is 22.8 Å². The maximum atomic E-state index is 14.3. The Labute approximate surface area is 267 Å². The first-order valence-electron chi connectivity index (χ1n) is 14.6. The number of imide groups is 1. The van der Waals surface area contributed by atoms with Gasteiger partial charge in [0.25, 0.3) is 11.8 Å². The molecule has 1 saturated heterocycles. The summed E-state index contributed by atoms with van der Waals surface area (Å²) in [5.74, 6) is -1.75. The number of benzene rings is 3. The number of rotatable bonds is 6. The van der Waals surface area contributed by atoms with Gasteiger partial charge in [0, 0.05) is 43.4 Å². The van der Waals surface area contributed by atoms with Gasteiger partial charge in [0.2, 0.25) is 0 Å². The van der Waals surface area contributed by atoms with Crippen LogP contribution < -0.4 is 0 Å². The van der Waals surface area contributed by atoms with E-state index in [9.17, 15) is 45.3 Å². The second-order valence-corrected chi connectivity index (χ2v) is 12.8. The second-order valence-electron chi connectivity index (χ2n) is 11.6. The van der Waals surface area contributed by atoms with Crippen molar-refractivity contribution >= 4 is 66.8 Å². The SMILES string of the molecule is O=C1c2c(c3c4ccc(O)cc4n([C@@H]4O[C@H](CO)[C@@H](O)[C@H](O)[C@H]4O)c3c3[nH]c4cc(O)ccc4c23)C(=O)N1OCc1ccc(CO)s1. The first kappa shape index (κ1) is 29.8. The number of hydrogen-bond donors (Lipinski definition) is 8. The first-order chi connectivity index (χ1) is 22.6. The quantitative estimate of drug-likeness (QED) is 0.121. The highest BCUT2D eigenvalue weighted by Crippen LogP contribution is 2.48. The van der Waals surface area contributed by atoms with Gasteiger partial charge in [-0.25, -0.2) is 0 Å². The zero-order chi connectivity index (χ0) is 32.9. The lowest BCUT2D eigenvalue weighted by atomic mass is 9.96. The molecule has 0 unspecified atom stereocenters. The molecule has 1 fully saturated rings. The number of thiophene rings is 1. The number of aliphatic hydroxyl groups excluding tert-OH is 5. The molecule has 2 amide bonds. The Morgan fingerprint density at radius 3 is 2.21 bits per heavy atom. The zero-order valence-electron chi connectivity index (χ0n) is 24.2. The lowest BCUT2D eigenvalue weighted by molar-refractivity contribution is -0.249. The fraction of sp³-hybridized carbons (Fsp3) is 0.250. The van der Waals surface area contributed by atoms with E-state index < -0.39 is 49.1 Å². The number of aromatic amines is 1. The standard InChI is InChI=1S/C32H27N3O11S/c36-9-14-3-4-15(47-14)11-45-35-30(43)23-21-16-5-1-12(38)7-18(16)33-25(21)26-22(24(23)31(35)44)17-6-2-13(39)8-19(17)34(26)32-29(42)28(41)27(40)20(10-37)46-32/h1-8,20,27-29,32-33,36-42H,9-11H2/t20-,27-,28+,29-,32-/m1/s1. The molecule has 0 spiro atoms. The number of hydroxylamine groups is 2. The Morgan fingerprint density at radius 2 is 1.51 bits per heavy atom. The van der Waals surface area contributed by atoms with Crippen LogP contribution in [-0.4, -0.2) is 93.2 Å². The molecule has 242 valence electrons. The molecule has 2 aliphatic rings. The molecule has 5 atom stereocenters. The van der Waals surface area contributed by atoms with Gasteiger partial charge in [-0.15, -0.1) is 16.4 Å². The first-order valence-corrected chi connectivity index (χ1v) is 15.4. The predicted molar refractivity (Wildman–Crippen MR) is 167 cm³/mol. The van der Waals surface area contributed by atoms with Crippen molar-refractivity contribution < 1.29 is 54.9 Å². The number of amides is 2. The van der Waals surface area contributed by atoms with E-state index in [-0.39, 0.29) is 52.3 Å². The van der Waals surface area contributed by atoms with E-state index in [1.165, 1.54) is 46.2 Å². The second kappa shape index (κ2) is 10.7. The number of nitrogens with one attached hydrogen (secondary N) is 1. The summed E-state index contributed by atoms with van der Waals surface area (Å²) in [6.07, 6.45) is -7.85. The number of phenolic OH excluding ortho intramolecular Hbond substituents is 2. The summed E-state index contributed by atoms with van der Waals surface area (Å²) < 4.78 is 7.43. The lowest BCUT2D eigenvalue weighted by Crippen LogP contribution is -2.56. The summed E-state index contributed by atoms with van der Waals surface area (Å²) in [6.45, 7) is -0.994. The van der Waals surface area contributed by atoms with Gasteiger partial charge in [0.15, 0.2) is 6.23 Å². The van der Waals surface area contributed by atoms with Crippen LogP contribution in [0.15, 0.2) is 48.5 Å². The molecule has 0 saturated carbocycles. The minimum absolute atomic E-state index is 0.0206. The molecule has 6 aromatic rings. The van der Waals surface area contributed by atoms with Gasteiger partial charge < -0.3 is 50.0 Å². The highest BCUT2D eigenvalue weighted by atomic mass is 32.1. The number of nitrogens with zero attached hydrogens (tertiary/aromatic N) is 2. The lowest BCUT2D eigenvalue weighted by Gasteiger charge is -2.41. The molecular weight excluding hydrogens is 634 g/mol. The molecule has 14 nitrogen and oxygen atoms in total. The van der Waals surface area contributed by atoms with E-state index in [1.807, 2.05) is 0 Å². The average Bonchev–Trinajstić information content (AvgIpc) is 3.81. The van der Waals surface area contributed by atoms with Crippen molar-refractivity contribution in [3.63, 3.8) is 0 Å². The summed E-state index contributed by atoms with van der Waals surface area (Å²) in [4.78, 5) is 38.8. The Kier molecular flexibility index (Phi) is 6.80. The number of aliphatic hydroxyl groups is 5. The van der Waals surface area contributed by atoms with Gasteiger partial charge in [-0.3, -0.25) is 14.4 Å². The van der Waals surface area contributed by atoms with Crippen molar-refractivity contribution in [3.05, 3.63) is 69.4 Å². The third-order valence-electron chi connectivity index (χ3n) is 8.88. The maximum Gasteiger partial charge on any atom is 0.286 e. The van der Waals surface area contributed by atoms with E-state index in [1.54, 1.807) is 18.2 Å². The predicted octanol–water partition coefficient (Wildman–Crippen LogP) is 2.09. The monoisotopic (exact) mass is 661 g/mol. The molecular formula is C32H27N3O11S. The van der Waals surface area contributed by atoms with Crippen LogP contribution in [0.4, 0.5) is 0 Å². The number of carbonyl (C=O) groups excluding carboxylic acids is 2. The van der Waals surface area contributed by atoms with Gasteiger partial charge in [-0.05, 0) is 36.4 Å². The molecule has 8 N–H and O–H groups in total. The van der Waals surface area contributed by atoms with Crippen LogP contribution in [0.3, 0.4) is 0 Å². The highest BCUT2D eigenvalue weighted by Gasteiger charge is 2.47. The van der Waals surface area contributed by atoms with Crippen molar-refractivity contribution in [1.82, 2.24) is 14.6 Å². The van der Waals surface area contributed by atoms with Gasteiger partial charge in [-0.2, -0.15) is 0 Å². The van der Waals surface area contributed by atoms with E-state index >= 15 is 0 Å². The van der Waals surface area contributed by atoms with E-state index in [0.29, 0.717) is 42.0 Å². The molecule has 15 heteroatoms. The fourth-order valence-electron chi connectivity index (χ4n) is 6.78.